The van der Waals surface area contributed by atoms with Crippen LogP contribution in [0.1, 0.15) is 50.4 Å². The average molecular weight is 416 g/mol. The second-order valence-electron chi connectivity index (χ2n) is 8.55. The number of carbonyl (C=O) groups excluding carboxylic acids is 3. The van der Waals surface area contributed by atoms with E-state index in [-0.39, 0.29) is 35.7 Å². The number of nitrogens with one attached hydrogen (secondary N) is 1. The molecule has 30 heavy (non-hydrogen) atoms. The molecule has 2 atom stereocenters. The maximum absolute atomic E-state index is 12.9. The quantitative estimate of drug-likeness (QED) is 0.723. The molecule has 0 aromatic heterocycles. The number of benzene rings is 1. The third-order valence-corrected chi connectivity index (χ3v) is 5.90. The minimum absolute atomic E-state index is 0.00686. The third kappa shape index (κ3) is 6.12. The lowest BCUT2D eigenvalue weighted by Crippen LogP contribution is -2.51. The van der Waals surface area contributed by atoms with E-state index in [2.05, 4.69) is 10.2 Å². The first-order valence-electron chi connectivity index (χ1n) is 10.9. The fourth-order valence-electron chi connectivity index (χ4n) is 4.29. The van der Waals surface area contributed by atoms with Gasteiger partial charge >= 0.3 is 0 Å². The molecule has 1 aromatic carbocycles. The van der Waals surface area contributed by atoms with Crippen LogP contribution >= 0.6 is 0 Å². The number of morpholine rings is 1. The predicted octanol–water partition coefficient (Wildman–Crippen LogP) is 2.57. The molecule has 7 heteroatoms. The van der Waals surface area contributed by atoms with Crippen molar-refractivity contribution in [1.29, 1.82) is 0 Å². The van der Waals surface area contributed by atoms with Crippen LogP contribution in [0.5, 0.6) is 0 Å². The molecule has 1 aromatic rings. The number of likely N-dealkylation sites (tertiary alicyclic amines) is 1. The number of hydrogen-bond acceptors (Lipinski definition) is 5. The van der Waals surface area contributed by atoms with Crippen molar-refractivity contribution in [2.75, 3.05) is 38.0 Å². The highest BCUT2D eigenvalue weighted by atomic mass is 16.5. The lowest BCUT2D eigenvalue weighted by atomic mass is 9.94. The van der Waals surface area contributed by atoms with Crippen molar-refractivity contribution in [3.05, 3.63) is 29.8 Å². The van der Waals surface area contributed by atoms with Gasteiger partial charge in [0.15, 0.2) is 5.78 Å². The number of anilines is 1. The summed E-state index contributed by atoms with van der Waals surface area (Å²) in [6.45, 7) is 9.27. The van der Waals surface area contributed by atoms with Gasteiger partial charge < -0.3 is 19.9 Å². The van der Waals surface area contributed by atoms with Gasteiger partial charge in [0, 0.05) is 43.2 Å². The molecule has 2 unspecified atom stereocenters. The first-order valence-corrected chi connectivity index (χ1v) is 10.9. The van der Waals surface area contributed by atoms with Crippen LogP contribution in [0.3, 0.4) is 0 Å². The second-order valence-corrected chi connectivity index (χ2v) is 8.55. The van der Waals surface area contributed by atoms with Crippen molar-refractivity contribution in [2.24, 2.45) is 5.92 Å². The molecule has 2 aliphatic heterocycles. The Bertz CT molecular complexity index is 746. The van der Waals surface area contributed by atoms with Crippen molar-refractivity contribution in [3.8, 4) is 0 Å². The van der Waals surface area contributed by atoms with Gasteiger partial charge in [0.05, 0.1) is 12.2 Å². The molecule has 1 N–H and O–H groups in total. The van der Waals surface area contributed by atoms with Gasteiger partial charge in [-0.1, -0.05) is 0 Å². The van der Waals surface area contributed by atoms with E-state index in [4.69, 9.17) is 4.74 Å². The Labute approximate surface area is 178 Å². The number of carbonyl (C=O) groups is 3. The van der Waals surface area contributed by atoms with Crippen molar-refractivity contribution < 1.29 is 19.1 Å². The predicted molar refractivity (Wildman–Crippen MR) is 115 cm³/mol. The molecule has 2 saturated heterocycles. The van der Waals surface area contributed by atoms with Crippen LogP contribution < -0.4 is 5.32 Å². The van der Waals surface area contributed by atoms with Gasteiger partial charge in [-0.05, 0) is 71.0 Å². The second kappa shape index (κ2) is 10.2. The molecule has 0 bridgehead atoms. The zero-order valence-electron chi connectivity index (χ0n) is 18.2. The van der Waals surface area contributed by atoms with E-state index in [9.17, 15) is 14.4 Å². The van der Waals surface area contributed by atoms with E-state index in [0.29, 0.717) is 37.3 Å². The van der Waals surface area contributed by atoms with Crippen molar-refractivity contribution >= 4 is 23.3 Å². The molecular weight excluding hydrogens is 382 g/mol. The summed E-state index contributed by atoms with van der Waals surface area (Å²) in [5, 5.41) is 2.88. The van der Waals surface area contributed by atoms with Gasteiger partial charge in [-0.2, -0.15) is 0 Å². The van der Waals surface area contributed by atoms with E-state index in [1.165, 1.54) is 6.92 Å². The SMILES string of the molecule is CC(=O)c1ccc(NC(=O)CCN2CCC(C(=O)N3CC(C)OC(C)C3)CC2)cc1. The monoisotopic (exact) mass is 415 g/mol. The number of ketones is 1. The maximum Gasteiger partial charge on any atom is 0.225 e. The molecule has 2 amide bonds. The molecule has 2 fully saturated rings. The van der Waals surface area contributed by atoms with E-state index in [1.807, 2.05) is 18.7 Å². The smallest absolute Gasteiger partial charge is 0.225 e. The lowest BCUT2D eigenvalue weighted by Gasteiger charge is -2.39. The number of piperidine rings is 1. The van der Waals surface area contributed by atoms with Gasteiger partial charge in [0.1, 0.15) is 0 Å². The molecule has 7 nitrogen and oxygen atoms in total. The van der Waals surface area contributed by atoms with Crippen LogP contribution in [0.15, 0.2) is 24.3 Å². The van der Waals surface area contributed by atoms with Crippen molar-refractivity contribution in [1.82, 2.24) is 9.80 Å². The number of rotatable bonds is 6. The number of Topliss-reactive ketones (excluding diaryl/α,β-unsaturated/α-hetero) is 1. The summed E-state index contributed by atoms with van der Waals surface area (Å²) in [7, 11) is 0. The summed E-state index contributed by atoms with van der Waals surface area (Å²) in [5.74, 6) is 0.295. The fourth-order valence-corrected chi connectivity index (χ4v) is 4.29. The summed E-state index contributed by atoms with van der Waals surface area (Å²) < 4.78 is 5.73. The maximum atomic E-state index is 12.9. The number of amides is 2. The van der Waals surface area contributed by atoms with E-state index >= 15 is 0 Å². The molecule has 0 radical (unpaired) electrons. The molecule has 0 spiro atoms. The van der Waals surface area contributed by atoms with Crippen LogP contribution in [-0.4, -0.2) is 72.3 Å². The molecule has 2 heterocycles. The molecule has 0 aliphatic carbocycles. The first-order chi connectivity index (χ1) is 14.3. The summed E-state index contributed by atoms with van der Waals surface area (Å²) in [5.41, 5.74) is 1.33. The Balaban J connectivity index is 1.38. The summed E-state index contributed by atoms with van der Waals surface area (Å²) in [6, 6.07) is 6.93. The highest BCUT2D eigenvalue weighted by Gasteiger charge is 2.32. The Kier molecular flexibility index (Phi) is 7.61. The number of ether oxygens (including phenoxy) is 1. The standard InChI is InChI=1S/C23H33N3O4/c1-16-14-26(15-17(2)30-16)23(29)20-8-11-25(12-9-20)13-10-22(28)24-21-6-4-19(5-7-21)18(3)27/h4-7,16-17,20H,8-15H2,1-3H3,(H,24,28). The van der Waals surface area contributed by atoms with Gasteiger partial charge in [-0.25, -0.2) is 0 Å². The van der Waals surface area contributed by atoms with Crippen molar-refractivity contribution in [3.63, 3.8) is 0 Å². The normalized spacial score (nSPS) is 23.2. The van der Waals surface area contributed by atoms with E-state index in [1.54, 1.807) is 24.3 Å². The first kappa shape index (κ1) is 22.4. The minimum Gasteiger partial charge on any atom is -0.372 e. The van der Waals surface area contributed by atoms with Gasteiger partial charge in [0.25, 0.3) is 0 Å². The van der Waals surface area contributed by atoms with Gasteiger partial charge in [-0.3, -0.25) is 14.4 Å². The molecule has 164 valence electrons. The zero-order chi connectivity index (χ0) is 21.7. The van der Waals surface area contributed by atoms with Crippen LogP contribution in [0.25, 0.3) is 0 Å². The van der Waals surface area contributed by atoms with Crippen LogP contribution in [0, 0.1) is 5.92 Å². The summed E-state index contributed by atoms with van der Waals surface area (Å²) in [6.07, 6.45) is 2.27. The summed E-state index contributed by atoms with van der Waals surface area (Å²) >= 11 is 0. The molecule has 3 rings (SSSR count). The molecular formula is C23H33N3O4. The average Bonchev–Trinajstić information content (AvgIpc) is 2.72. The Morgan fingerprint density at radius 2 is 1.63 bits per heavy atom. The molecule has 2 aliphatic rings. The Morgan fingerprint density at radius 1 is 1.03 bits per heavy atom. The zero-order valence-corrected chi connectivity index (χ0v) is 18.2. The van der Waals surface area contributed by atoms with Crippen LogP contribution in [-0.2, 0) is 14.3 Å². The van der Waals surface area contributed by atoms with Gasteiger partial charge in [0.2, 0.25) is 11.8 Å². The Hall–Kier alpha value is -2.25. The summed E-state index contributed by atoms with van der Waals surface area (Å²) in [4.78, 5) is 40.6. The van der Waals surface area contributed by atoms with E-state index < -0.39 is 0 Å². The number of nitrogens with zero attached hydrogens (tertiary/aromatic N) is 2. The highest BCUT2D eigenvalue weighted by Crippen LogP contribution is 2.22. The lowest BCUT2D eigenvalue weighted by molar-refractivity contribution is -0.149. The van der Waals surface area contributed by atoms with E-state index in [0.717, 1.165) is 25.9 Å². The fraction of sp³-hybridized carbons (Fsp3) is 0.609. The van der Waals surface area contributed by atoms with Crippen LogP contribution in [0.4, 0.5) is 5.69 Å². The highest BCUT2D eigenvalue weighted by molar-refractivity contribution is 5.95. The third-order valence-electron chi connectivity index (χ3n) is 5.90. The van der Waals surface area contributed by atoms with Crippen LogP contribution in [0.2, 0.25) is 0 Å². The Morgan fingerprint density at radius 3 is 2.20 bits per heavy atom. The van der Waals surface area contributed by atoms with Gasteiger partial charge in [-0.15, -0.1) is 0 Å². The molecule has 0 saturated carbocycles. The number of hydrogen-bond donors (Lipinski definition) is 1. The minimum atomic E-state index is -0.0416. The van der Waals surface area contributed by atoms with Crippen molar-refractivity contribution in [2.45, 2.75) is 52.2 Å². The largest absolute Gasteiger partial charge is 0.372 e. The topological polar surface area (TPSA) is 79.0 Å².